The van der Waals surface area contributed by atoms with Crippen molar-refractivity contribution >= 4 is 28.9 Å². The fourth-order valence-electron chi connectivity index (χ4n) is 4.44. The van der Waals surface area contributed by atoms with E-state index in [0.29, 0.717) is 13.0 Å². The van der Waals surface area contributed by atoms with E-state index in [4.69, 9.17) is 9.84 Å². The molecule has 2 fully saturated rings. The lowest BCUT2D eigenvalue weighted by molar-refractivity contribution is -0.142. The minimum atomic E-state index is -0.145. The molecule has 3 aliphatic rings. The molecule has 7 nitrogen and oxygen atoms in total. The van der Waals surface area contributed by atoms with Gasteiger partial charge in [-0.25, -0.2) is 5.01 Å². The molecule has 0 unspecified atom stereocenters. The van der Waals surface area contributed by atoms with Gasteiger partial charge < -0.3 is 9.64 Å². The van der Waals surface area contributed by atoms with Gasteiger partial charge in [-0.3, -0.25) is 14.5 Å². The Morgan fingerprint density at radius 3 is 2.58 bits per heavy atom. The van der Waals surface area contributed by atoms with E-state index in [1.54, 1.807) is 21.2 Å². The van der Waals surface area contributed by atoms with Crippen LogP contribution in [0, 0.1) is 5.92 Å². The second-order valence-electron chi connectivity index (χ2n) is 8.88. The Balaban J connectivity index is 1.32. The zero-order valence-corrected chi connectivity index (χ0v) is 19.6. The van der Waals surface area contributed by atoms with Crippen molar-refractivity contribution in [2.75, 3.05) is 45.9 Å². The Morgan fingerprint density at radius 2 is 1.88 bits per heavy atom. The fourth-order valence-corrected chi connectivity index (χ4v) is 5.17. The summed E-state index contributed by atoms with van der Waals surface area (Å²) < 4.78 is 5.43. The molecule has 2 aliphatic heterocycles. The Hall–Kier alpha value is -2.55. The summed E-state index contributed by atoms with van der Waals surface area (Å²) in [5.74, 6) is 0.0667. The van der Waals surface area contributed by atoms with Gasteiger partial charge >= 0.3 is 0 Å². The van der Waals surface area contributed by atoms with Crippen LogP contribution in [0.15, 0.2) is 52.9 Å². The number of carbonyl (C=O) groups excluding carboxylic acids is 2. The van der Waals surface area contributed by atoms with Gasteiger partial charge in [0.05, 0.1) is 29.8 Å². The molecule has 0 bridgehead atoms. The first-order chi connectivity index (χ1) is 16.2. The lowest BCUT2D eigenvalue weighted by atomic mass is 10.0. The van der Waals surface area contributed by atoms with E-state index in [9.17, 15) is 9.59 Å². The normalized spacial score (nSPS) is 21.2. The minimum absolute atomic E-state index is 0.0736. The topological polar surface area (TPSA) is 65.5 Å². The molecule has 5 rings (SSSR count). The molecule has 2 amide bonds. The van der Waals surface area contributed by atoms with Crippen LogP contribution in [0.25, 0.3) is 0 Å². The van der Waals surface area contributed by atoms with Gasteiger partial charge in [-0.05, 0) is 29.9 Å². The summed E-state index contributed by atoms with van der Waals surface area (Å²) in [6, 6.07) is 14.0. The first kappa shape index (κ1) is 22.3. The molecule has 1 aromatic heterocycles. The lowest BCUT2D eigenvalue weighted by Crippen LogP contribution is -2.47. The third-order valence-corrected chi connectivity index (χ3v) is 7.43. The number of hydrazone groups is 1. The Kier molecular flexibility index (Phi) is 6.85. The highest BCUT2D eigenvalue weighted by Crippen LogP contribution is 2.34. The number of hydrogen-bond acceptors (Lipinski definition) is 6. The van der Waals surface area contributed by atoms with Crippen LogP contribution in [0.1, 0.15) is 35.7 Å². The number of ether oxygens (including phenoxy) is 1. The molecule has 1 saturated carbocycles. The first-order valence-corrected chi connectivity index (χ1v) is 12.6. The SMILES string of the molecule is O=C(C1CC1)N(CCN1CCOCC1)CC(=O)N1N=C(c2cccs2)C[C@H]1c1ccccc1. The number of nitrogens with zero attached hydrogens (tertiary/aromatic N) is 4. The zero-order chi connectivity index (χ0) is 22.6. The van der Waals surface area contributed by atoms with E-state index in [1.165, 1.54) is 0 Å². The summed E-state index contributed by atoms with van der Waals surface area (Å²) in [5.41, 5.74) is 2.00. The predicted octanol–water partition coefficient (Wildman–Crippen LogP) is 3.00. The maximum atomic E-state index is 13.5. The van der Waals surface area contributed by atoms with Gasteiger partial charge in [0.25, 0.3) is 5.91 Å². The molecule has 1 atom stereocenters. The van der Waals surface area contributed by atoms with E-state index in [0.717, 1.165) is 61.8 Å². The maximum Gasteiger partial charge on any atom is 0.262 e. The third-order valence-electron chi connectivity index (χ3n) is 6.51. The van der Waals surface area contributed by atoms with Crippen molar-refractivity contribution in [2.24, 2.45) is 11.0 Å². The number of benzene rings is 1. The highest BCUT2D eigenvalue weighted by molar-refractivity contribution is 7.12. The van der Waals surface area contributed by atoms with Gasteiger partial charge in [-0.2, -0.15) is 5.10 Å². The third kappa shape index (κ3) is 5.34. The van der Waals surface area contributed by atoms with E-state index in [2.05, 4.69) is 4.90 Å². The summed E-state index contributed by atoms with van der Waals surface area (Å²) in [6.45, 7) is 4.59. The second-order valence-corrected chi connectivity index (χ2v) is 9.83. The van der Waals surface area contributed by atoms with E-state index in [-0.39, 0.29) is 30.3 Å². The molecule has 33 heavy (non-hydrogen) atoms. The monoisotopic (exact) mass is 466 g/mol. The van der Waals surface area contributed by atoms with E-state index < -0.39 is 0 Å². The number of thiophene rings is 1. The van der Waals surface area contributed by atoms with Gasteiger partial charge in [-0.15, -0.1) is 11.3 Å². The maximum absolute atomic E-state index is 13.5. The average Bonchev–Trinajstić information content (AvgIpc) is 3.37. The number of hydrogen-bond donors (Lipinski definition) is 0. The Morgan fingerprint density at radius 1 is 1.09 bits per heavy atom. The molecule has 0 N–H and O–H groups in total. The van der Waals surface area contributed by atoms with Gasteiger partial charge in [0.2, 0.25) is 5.91 Å². The molecular formula is C25H30N4O3S. The van der Waals surface area contributed by atoms with Crippen LogP contribution in [0.4, 0.5) is 0 Å². The quantitative estimate of drug-likeness (QED) is 0.600. The zero-order valence-electron chi connectivity index (χ0n) is 18.8. The summed E-state index contributed by atoms with van der Waals surface area (Å²) in [5, 5.41) is 8.40. The minimum Gasteiger partial charge on any atom is -0.379 e. The van der Waals surface area contributed by atoms with Gasteiger partial charge in [-0.1, -0.05) is 36.4 Å². The van der Waals surface area contributed by atoms with Crippen LogP contribution in [-0.2, 0) is 14.3 Å². The molecule has 3 heterocycles. The van der Waals surface area contributed by atoms with Crippen LogP contribution in [0.2, 0.25) is 0 Å². The number of rotatable bonds is 8. The Bertz CT molecular complexity index is 984. The van der Waals surface area contributed by atoms with Crippen molar-refractivity contribution in [3.05, 3.63) is 58.3 Å². The number of amides is 2. The number of carbonyl (C=O) groups is 2. The molecule has 0 radical (unpaired) electrons. The second kappa shape index (κ2) is 10.2. The molecule has 174 valence electrons. The highest BCUT2D eigenvalue weighted by atomic mass is 32.1. The highest BCUT2D eigenvalue weighted by Gasteiger charge is 2.38. The van der Waals surface area contributed by atoms with E-state index in [1.807, 2.05) is 47.8 Å². The molecular weight excluding hydrogens is 436 g/mol. The standard InChI is InChI=1S/C25H30N4O3S/c30-24(18-28(25(31)20-8-9-20)11-10-27-12-14-32-15-13-27)29-22(19-5-2-1-3-6-19)17-21(26-29)23-7-4-16-33-23/h1-7,16,20,22H,8-15,17-18H2/t22-/m0/s1. The van der Waals surface area contributed by atoms with Crippen LogP contribution < -0.4 is 0 Å². The van der Waals surface area contributed by atoms with Crippen molar-refractivity contribution < 1.29 is 14.3 Å². The van der Waals surface area contributed by atoms with Crippen molar-refractivity contribution in [1.29, 1.82) is 0 Å². The largest absolute Gasteiger partial charge is 0.379 e. The lowest BCUT2D eigenvalue weighted by Gasteiger charge is -2.31. The molecule has 1 aromatic carbocycles. The summed E-state index contributed by atoms with van der Waals surface area (Å²) >= 11 is 1.64. The summed E-state index contributed by atoms with van der Waals surface area (Å²) in [4.78, 5) is 31.7. The molecule has 1 aliphatic carbocycles. The first-order valence-electron chi connectivity index (χ1n) is 11.8. The van der Waals surface area contributed by atoms with Gasteiger partial charge in [0.15, 0.2) is 0 Å². The summed E-state index contributed by atoms with van der Waals surface area (Å²) in [6.07, 6.45) is 2.54. The summed E-state index contributed by atoms with van der Waals surface area (Å²) in [7, 11) is 0. The Labute approximate surface area is 198 Å². The van der Waals surface area contributed by atoms with Crippen LogP contribution in [0.3, 0.4) is 0 Å². The average molecular weight is 467 g/mol. The van der Waals surface area contributed by atoms with Crippen LogP contribution in [0.5, 0.6) is 0 Å². The van der Waals surface area contributed by atoms with Crippen molar-refractivity contribution in [3.8, 4) is 0 Å². The smallest absolute Gasteiger partial charge is 0.262 e. The van der Waals surface area contributed by atoms with Gasteiger partial charge in [0, 0.05) is 38.5 Å². The predicted molar refractivity (Wildman–Crippen MR) is 128 cm³/mol. The van der Waals surface area contributed by atoms with Crippen molar-refractivity contribution in [3.63, 3.8) is 0 Å². The van der Waals surface area contributed by atoms with Crippen molar-refractivity contribution in [2.45, 2.75) is 25.3 Å². The number of morpholine rings is 1. The molecule has 8 heteroatoms. The van der Waals surface area contributed by atoms with E-state index >= 15 is 0 Å². The van der Waals surface area contributed by atoms with Crippen LogP contribution in [-0.4, -0.2) is 78.3 Å². The molecule has 1 saturated heterocycles. The molecule has 2 aromatic rings. The van der Waals surface area contributed by atoms with Crippen LogP contribution >= 0.6 is 11.3 Å². The van der Waals surface area contributed by atoms with Gasteiger partial charge in [0.1, 0.15) is 6.54 Å². The van der Waals surface area contributed by atoms with Crippen molar-refractivity contribution in [1.82, 2.24) is 14.8 Å². The fraction of sp³-hybridized carbons (Fsp3) is 0.480. The molecule has 0 spiro atoms.